The quantitative estimate of drug-likeness (QED) is 0.685. The molecule has 0 unspecified atom stereocenters. The van der Waals surface area contributed by atoms with Gasteiger partial charge in [-0.2, -0.15) is 5.10 Å². The Hall–Kier alpha value is -3.35. The zero-order chi connectivity index (χ0) is 18.5. The first-order valence-electron chi connectivity index (χ1n) is 8.18. The van der Waals surface area contributed by atoms with E-state index in [4.69, 9.17) is 4.74 Å². The number of carbonyl (C=O) groups is 2. The summed E-state index contributed by atoms with van der Waals surface area (Å²) in [5, 5.41) is 6.94. The number of aromatic nitrogens is 3. The molecule has 0 aliphatic heterocycles. The first-order valence-corrected chi connectivity index (χ1v) is 8.18. The number of rotatable bonds is 6. The molecule has 0 saturated carbocycles. The molecule has 0 saturated heterocycles. The molecular weight excluding hydrogens is 332 g/mol. The molecule has 1 amide bonds. The number of benzene rings is 1. The predicted octanol–water partition coefficient (Wildman–Crippen LogP) is 1.72. The average molecular weight is 352 g/mol. The van der Waals surface area contributed by atoms with Crippen molar-refractivity contribution in [1.82, 2.24) is 19.7 Å². The molecule has 7 nitrogen and oxygen atoms in total. The van der Waals surface area contributed by atoms with Gasteiger partial charge in [0.05, 0.1) is 13.3 Å². The topological polar surface area (TPSA) is 78.2 Å². The number of methoxy groups -OCH3 is 1. The van der Waals surface area contributed by atoms with E-state index in [1.807, 2.05) is 54.9 Å². The average Bonchev–Trinajstić information content (AvgIpc) is 3.30. The number of carbonyl (C=O) groups excluding carboxylic acids is 2. The van der Waals surface area contributed by atoms with Crippen LogP contribution in [0.25, 0.3) is 5.82 Å². The van der Waals surface area contributed by atoms with Crippen LogP contribution in [0.2, 0.25) is 0 Å². The molecule has 1 aromatic carbocycles. The Morgan fingerprint density at radius 1 is 1.15 bits per heavy atom. The van der Waals surface area contributed by atoms with Crippen LogP contribution < -0.4 is 5.32 Å². The molecule has 0 radical (unpaired) electrons. The summed E-state index contributed by atoms with van der Waals surface area (Å²) in [6.45, 7) is 0. The Kier molecular flexibility index (Phi) is 5.17. The fourth-order valence-electron chi connectivity index (χ4n) is 2.79. The summed E-state index contributed by atoms with van der Waals surface area (Å²) >= 11 is 0. The molecule has 26 heavy (non-hydrogen) atoms. The number of nitrogens with one attached hydrogen (secondary N) is 1. The SMILES string of the molecule is COC(=O)[C@@H](Cc1ccccc1)NC(=O)c1cnn(C)c1-n1cccc1. The van der Waals surface area contributed by atoms with Crippen LogP contribution in [0, 0.1) is 0 Å². The molecular formula is C19H20N4O3. The minimum absolute atomic E-state index is 0.346. The van der Waals surface area contributed by atoms with Crippen molar-refractivity contribution in [2.75, 3.05) is 7.11 Å². The minimum Gasteiger partial charge on any atom is -0.467 e. The molecule has 0 aliphatic carbocycles. The highest BCUT2D eigenvalue weighted by Crippen LogP contribution is 2.14. The third-order valence-electron chi connectivity index (χ3n) is 4.07. The van der Waals surface area contributed by atoms with Gasteiger partial charge in [0.2, 0.25) is 0 Å². The van der Waals surface area contributed by atoms with Crippen molar-refractivity contribution in [2.24, 2.45) is 7.05 Å². The van der Waals surface area contributed by atoms with E-state index in [0.29, 0.717) is 17.8 Å². The largest absolute Gasteiger partial charge is 0.467 e. The highest BCUT2D eigenvalue weighted by Gasteiger charge is 2.25. The Bertz CT molecular complexity index is 885. The third kappa shape index (κ3) is 3.66. The van der Waals surface area contributed by atoms with Gasteiger partial charge in [0.1, 0.15) is 17.4 Å². The number of hydrogen-bond acceptors (Lipinski definition) is 4. The maximum atomic E-state index is 12.8. The van der Waals surface area contributed by atoms with E-state index < -0.39 is 12.0 Å². The maximum absolute atomic E-state index is 12.8. The van der Waals surface area contributed by atoms with Crippen molar-refractivity contribution < 1.29 is 14.3 Å². The van der Waals surface area contributed by atoms with Crippen molar-refractivity contribution in [3.05, 3.63) is 72.2 Å². The molecule has 3 rings (SSSR count). The Morgan fingerprint density at radius 2 is 1.85 bits per heavy atom. The van der Waals surface area contributed by atoms with Gasteiger partial charge in [-0.05, 0) is 17.7 Å². The number of ether oxygens (including phenoxy) is 1. The van der Waals surface area contributed by atoms with Gasteiger partial charge in [0.25, 0.3) is 5.91 Å². The summed E-state index contributed by atoms with van der Waals surface area (Å²) in [6, 6.07) is 12.4. The van der Waals surface area contributed by atoms with Crippen LogP contribution in [-0.2, 0) is 23.0 Å². The zero-order valence-electron chi connectivity index (χ0n) is 14.6. The Morgan fingerprint density at radius 3 is 2.50 bits per heavy atom. The molecule has 7 heteroatoms. The van der Waals surface area contributed by atoms with Crippen molar-refractivity contribution in [2.45, 2.75) is 12.5 Å². The number of nitrogens with zero attached hydrogens (tertiary/aromatic N) is 3. The van der Waals surface area contributed by atoms with E-state index in [9.17, 15) is 9.59 Å². The standard InChI is InChI=1S/C19H20N4O3/c1-22-18(23-10-6-7-11-23)15(13-20-22)17(24)21-16(19(25)26-2)12-14-8-4-3-5-9-14/h3-11,13,16H,12H2,1-2H3,(H,21,24)/t16-/m1/s1. The van der Waals surface area contributed by atoms with Gasteiger partial charge in [-0.25, -0.2) is 4.79 Å². The first-order chi connectivity index (χ1) is 12.6. The van der Waals surface area contributed by atoms with Crippen LogP contribution >= 0.6 is 0 Å². The normalized spacial score (nSPS) is 11.8. The summed E-state index contributed by atoms with van der Waals surface area (Å²) in [6.07, 6.45) is 5.49. The molecule has 3 aromatic rings. The van der Waals surface area contributed by atoms with Crippen LogP contribution in [0.15, 0.2) is 61.1 Å². The fourth-order valence-corrected chi connectivity index (χ4v) is 2.79. The second kappa shape index (κ2) is 7.69. The predicted molar refractivity (Wildman–Crippen MR) is 96.0 cm³/mol. The molecule has 0 aliphatic rings. The van der Waals surface area contributed by atoms with Crippen LogP contribution in [0.4, 0.5) is 0 Å². The monoisotopic (exact) mass is 352 g/mol. The molecule has 134 valence electrons. The minimum atomic E-state index is -0.785. The van der Waals surface area contributed by atoms with Crippen LogP contribution in [0.5, 0.6) is 0 Å². The van der Waals surface area contributed by atoms with Gasteiger partial charge in [0, 0.05) is 25.9 Å². The summed E-state index contributed by atoms with van der Waals surface area (Å²) in [5.41, 5.74) is 1.31. The summed E-state index contributed by atoms with van der Waals surface area (Å²) in [7, 11) is 3.07. The lowest BCUT2D eigenvalue weighted by Gasteiger charge is -2.17. The number of esters is 1. The maximum Gasteiger partial charge on any atom is 0.328 e. The number of hydrogen-bond donors (Lipinski definition) is 1. The van der Waals surface area contributed by atoms with Crippen molar-refractivity contribution in [3.8, 4) is 5.82 Å². The van der Waals surface area contributed by atoms with Gasteiger partial charge in [0.15, 0.2) is 0 Å². The van der Waals surface area contributed by atoms with E-state index in [2.05, 4.69) is 10.4 Å². The van der Waals surface area contributed by atoms with Crippen molar-refractivity contribution >= 4 is 11.9 Å². The lowest BCUT2D eigenvalue weighted by Crippen LogP contribution is -2.43. The van der Waals surface area contributed by atoms with Crippen molar-refractivity contribution in [3.63, 3.8) is 0 Å². The second-order valence-corrected chi connectivity index (χ2v) is 5.83. The van der Waals surface area contributed by atoms with Crippen LogP contribution in [0.1, 0.15) is 15.9 Å². The highest BCUT2D eigenvalue weighted by atomic mass is 16.5. The highest BCUT2D eigenvalue weighted by molar-refractivity contribution is 5.99. The fraction of sp³-hybridized carbons (Fsp3) is 0.211. The summed E-state index contributed by atoms with van der Waals surface area (Å²) < 4.78 is 8.26. The van der Waals surface area contributed by atoms with E-state index in [0.717, 1.165) is 5.56 Å². The molecule has 0 bridgehead atoms. The summed E-state index contributed by atoms with van der Waals surface area (Å²) in [5.74, 6) is -0.252. The molecule has 1 N–H and O–H groups in total. The van der Waals surface area contributed by atoms with Gasteiger partial charge in [-0.3, -0.25) is 9.48 Å². The van der Waals surface area contributed by atoms with Crippen molar-refractivity contribution in [1.29, 1.82) is 0 Å². The lowest BCUT2D eigenvalue weighted by atomic mass is 10.1. The molecule has 0 fully saturated rings. The first kappa shape index (κ1) is 17.5. The van der Waals surface area contributed by atoms with E-state index in [-0.39, 0.29) is 5.91 Å². The van der Waals surface area contributed by atoms with E-state index in [1.54, 1.807) is 16.3 Å². The van der Waals surface area contributed by atoms with Gasteiger partial charge in [-0.15, -0.1) is 0 Å². The lowest BCUT2D eigenvalue weighted by molar-refractivity contribution is -0.142. The molecule has 0 spiro atoms. The Labute approximate surface area is 151 Å². The Balaban J connectivity index is 1.84. The summed E-state index contributed by atoms with van der Waals surface area (Å²) in [4.78, 5) is 24.9. The van der Waals surface area contributed by atoms with Gasteiger partial charge >= 0.3 is 5.97 Å². The molecule has 2 heterocycles. The van der Waals surface area contributed by atoms with Crippen LogP contribution in [-0.4, -0.2) is 39.4 Å². The second-order valence-electron chi connectivity index (χ2n) is 5.83. The zero-order valence-corrected chi connectivity index (χ0v) is 14.6. The molecule has 2 aromatic heterocycles. The van der Waals surface area contributed by atoms with Gasteiger partial charge in [-0.1, -0.05) is 30.3 Å². The smallest absolute Gasteiger partial charge is 0.328 e. The molecule has 1 atom stereocenters. The number of aryl methyl sites for hydroxylation is 1. The van der Waals surface area contributed by atoms with E-state index >= 15 is 0 Å². The third-order valence-corrected chi connectivity index (χ3v) is 4.07. The van der Waals surface area contributed by atoms with Gasteiger partial charge < -0.3 is 14.6 Å². The number of amides is 1. The van der Waals surface area contributed by atoms with E-state index in [1.165, 1.54) is 13.3 Å². The van der Waals surface area contributed by atoms with Crippen LogP contribution in [0.3, 0.4) is 0 Å².